The third-order valence-electron chi connectivity index (χ3n) is 2.89. The standard InChI is InChI=1S/C13H15ClFN3/c1-8-5-10(18(2)17-8)7-13(16)11-4-3-9(15)6-12(11)14/h3-6,13H,7,16H2,1-2H3. The largest absolute Gasteiger partial charge is 0.324 e. The first-order valence-electron chi connectivity index (χ1n) is 5.67. The summed E-state index contributed by atoms with van der Waals surface area (Å²) < 4.78 is 14.8. The highest BCUT2D eigenvalue weighted by Crippen LogP contribution is 2.25. The van der Waals surface area contributed by atoms with Crippen molar-refractivity contribution in [2.75, 3.05) is 0 Å². The van der Waals surface area contributed by atoms with Gasteiger partial charge in [-0.3, -0.25) is 4.68 Å². The first-order valence-corrected chi connectivity index (χ1v) is 6.05. The van der Waals surface area contributed by atoms with Gasteiger partial charge in [-0.15, -0.1) is 0 Å². The lowest BCUT2D eigenvalue weighted by Gasteiger charge is -2.13. The molecule has 2 rings (SSSR count). The van der Waals surface area contributed by atoms with Gasteiger partial charge in [0.25, 0.3) is 0 Å². The molecule has 0 saturated carbocycles. The molecule has 0 saturated heterocycles. The van der Waals surface area contributed by atoms with Crippen molar-refractivity contribution < 1.29 is 4.39 Å². The van der Waals surface area contributed by atoms with Crippen molar-refractivity contribution in [1.82, 2.24) is 9.78 Å². The van der Waals surface area contributed by atoms with Crippen molar-refractivity contribution in [3.63, 3.8) is 0 Å². The maximum Gasteiger partial charge on any atom is 0.124 e. The molecule has 5 heteroatoms. The van der Waals surface area contributed by atoms with Crippen molar-refractivity contribution in [3.05, 3.63) is 52.1 Å². The van der Waals surface area contributed by atoms with Crippen LogP contribution in [0.15, 0.2) is 24.3 Å². The minimum Gasteiger partial charge on any atom is -0.324 e. The van der Waals surface area contributed by atoms with Gasteiger partial charge in [-0.2, -0.15) is 5.10 Å². The summed E-state index contributed by atoms with van der Waals surface area (Å²) in [6.45, 7) is 1.93. The average molecular weight is 268 g/mol. The number of aromatic nitrogens is 2. The minimum atomic E-state index is -0.354. The molecule has 1 aromatic carbocycles. The van der Waals surface area contributed by atoms with Gasteiger partial charge >= 0.3 is 0 Å². The predicted octanol–water partition coefficient (Wildman–Crippen LogP) is 2.76. The lowest BCUT2D eigenvalue weighted by Crippen LogP contribution is -2.16. The molecular formula is C13H15ClFN3. The van der Waals surface area contributed by atoms with Crippen molar-refractivity contribution in [3.8, 4) is 0 Å². The second kappa shape index (κ2) is 5.08. The van der Waals surface area contributed by atoms with Crippen LogP contribution >= 0.6 is 11.6 Å². The Bertz CT molecular complexity index is 565. The van der Waals surface area contributed by atoms with E-state index in [4.69, 9.17) is 17.3 Å². The molecule has 0 aliphatic heterocycles. The molecule has 0 radical (unpaired) electrons. The molecule has 2 N–H and O–H groups in total. The van der Waals surface area contributed by atoms with Crippen LogP contribution in [0.2, 0.25) is 5.02 Å². The van der Waals surface area contributed by atoms with Crippen LogP contribution < -0.4 is 5.73 Å². The number of halogens is 2. The number of nitrogens with zero attached hydrogens (tertiary/aromatic N) is 2. The zero-order valence-electron chi connectivity index (χ0n) is 10.3. The Kier molecular flexibility index (Phi) is 3.68. The molecule has 0 amide bonds. The fourth-order valence-electron chi connectivity index (χ4n) is 1.99. The summed E-state index contributed by atoms with van der Waals surface area (Å²) in [7, 11) is 1.88. The molecule has 96 valence electrons. The summed E-state index contributed by atoms with van der Waals surface area (Å²) in [5.41, 5.74) is 8.83. The van der Waals surface area contributed by atoms with Crippen LogP contribution in [0.4, 0.5) is 4.39 Å². The van der Waals surface area contributed by atoms with E-state index >= 15 is 0 Å². The average Bonchev–Trinajstić information content (AvgIpc) is 2.57. The molecule has 3 nitrogen and oxygen atoms in total. The van der Waals surface area contributed by atoms with E-state index in [2.05, 4.69) is 5.10 Å². The third-order valence-corrected chi connectivity index (χ3v) is 3.22. The van der Waals surface area contributed by atoms with Crippen molar-refractivity contribution >= 4 is 11.6 Å². The molecule has 0 fully saturated rings. The molecule has 0 aliphatic carbocycles. The molecule has 1 atom stereocenters. The maximum atomic E-state index is 13.0. The van der Waals surface area contributed by atoms with Gasteiger partial charge in [-0.25, -0.2) is 4.39 Å². The van der Waals surface area contributed by atoms with Crippen LogP contribution in [0.3, 0.4) is 0 Å². The zero-order chi connectivity index (χ0) is 13.3. The van der Waals surface area contributed by atoms with Gasteiger partial charge in [0.2, 0.25) is 0 Å². The first kappa shape index (κ1) is 13.1. The fraction of sp³-hybridized carbons (Fsp3) is 0.308. The second-order valence-corrected chi connectivity index (χ2v) is 4.78. The molecule has 18 heavy (non-hydrogen) atoms. The summed E-state index contributed by atoms with van der Waals surface area (Å²) in [6, 6.07) is 6.00. The van der Waals surface area contributed by atoms with Crippen molar-refractivity contribution in [1.29, 1.82) is 0 Å². The summed E-state index contributed by atoms with van der Waals surface area (Å²) in [5.74, 6) is -0.354. The second-order valence-electron chi connectivity index (χ2n) is 4.38. The first-order chi connectivity index (χ1) is 8.47. The third kappa shape index (κ3) is 2.71. The van der Waals surface area contributed by atoms with Gasteiger partial charge in [0.15, 0.2) is 0 Å². The van der Waals surface area contributed by atoms with E-state index in [1.807, 2.05) is 20.0 Å². The van der Waals surface area contributed by atoms with Gasteiger partial charge in [0.05, 0.1) is 5.69 Å². The van der Waals surface area contributed by atoms with Crippen molar-refractivity contribution in [2.45, 2.75) is 19.4 Å². The van der Waals surface area contributed by atoms with E-state index in [1.54, 1.807) is 10.7 Å². The Labute approximate surface area is 110 Å². The molecule has 0 spiro atoms. The zero-order valence-corrected chi connectivity index (χ0v) is 11.1. The molecule has 0 bridgehead atoms. The lowest BCUT2D eigenvalue weighted by molar-refractivity contribution is 0.619. The van der Waals surface area contributed by atoms with E-state index in [1.165, 1.54) is 12.1 Å². The molecule has 1 aromatic heterocycles. The molecule has 0 aliphatic rings. The van der Waals surface area contributed by atoms with Crippen LogP contribution in [-0.4, -0.2) is 9.78 Å². The summed E-state index contributed by atoms with van der Waals surface area (Å²) in [4.78, 5) is 0. The number of hydrogen-bond donors (Lipinski definition) is 1. The van der Waals surface area contributed by atoms with E-state index in [-0.39, 0.29) is 11.9 Å². The summed E-state index contributed by atoms with van der Waals surface area (Å²) >= 11 is 5.99. The van der Waals surface area contributed by atoms with Gasteiger partial charge < -0.3 is 5.73 Å². The van der Waals surface area contributed by atoms with E-state index in [0.717, 1.165) is 17.0 Å². The minimum absolute atomic E-state index is 0.270. The van der Waals surface area contributed by atoms with Gasteiger partial charge in [-0.1, -0.05) is 17.7 Å². The van der Waals surface area contributed by atoms with E-state index in [0.29, 0.717) is 11.4 Å². The van der Waals surface area contributed by atoms with Crippen LogP contribution in [0.1, 0.15) is 23.0 Å². The highest BCUT2D eigenvalue weighted by molar-refractivity contribution is 6.31. The van der Waals surface area contributed by atoms with Crippen LogP contribution in [0, 0.1) is 12.7 Å². The maximum absolute atomic E-state index is 13.0. The van der Waals surface area contributed by atoms with Gasteiger partial charge in [0, 0.05) is 30.2 Å². The smallest absolute Gasteiger partial charge is 0.124 e. The Morgan fingerprint density at radius 2 is 2.17 bits per heavy atom. The van der Waals surface area contributed by atoms with Crippen LogP contribution in [0.25, 0.3) is 0 Å². The monoisotopic (exact) mass is 267 g/mol. The number of nitrogens with two attached hydrogens (primary N) is 1. The summed E-state index contributed by atoms with van der Waals surface area (Å²) in [6.07, 6.45) is 0.614. The fourth-order valence-corrected chi connectivity index (χ4v) is 2.30. The molecule has 1 unspecified atom stereocenters. The predicted molar refractivity (Wildman–Crippen MR) is 70.0 cm³/mol. The quantitative estimate of drug-likeness (QED) is 0.929. The normalized spacial score (nSPS) is 12.7. The Balaban J connectivity index is 2.21. The Morgan fingerprint density at radius 1 is 1.44 bits per heavy atom. The topological polar surface area (TPSA) is 43.8 Å². The Morgan fingerprint density at radius 3 is 2.72 bits per heavy atom. The van der Waals surface area contributed by atoms with Gasteiger partial charge in [0.1, 0.15) is 5.82 Å². The number of aryl methyl sites for hydroxylation is 2. The van der Waals surface area contributed by atoms with Gasteiger partial charge in [-0.05, 0) is 30.7 Å². The summed E-state index contributed by atoms with van der Waals surface area (Å²) in [5, 5.41) is 4.62. The van der Waals surface area contributed by atoms with E-state index in [9.17, 15) is 4.39 Å². The molecule has 1 heterocycles. The number of benzene rings is 1. The Hall–Kier alpha value is -1.39. The highest BCUT2D eigenvalue weighted by Gasteiger charge is 2.14. The molecular weight excluding hydrogens is 253 g/mol. The van der Waals surface area contributed by atoms with Crippen LogP contribution in [-0.2, 0) is 13.5 Å². The highest BCUT2D eigenvalue weighted by atomic mass is 35.5. The number of hydrogen-bond acceptors (Lipinski definition) is 2. The van der Waals surface area contributed by atoms with Crippen LogP contribution in [0.5, 0.6) is 0 Å². The molecule has 2 aromatic rings. The van der Waals surface area contributed by atoms with E-state index < -0.39 is 0 Å². The SMILES string of the molecule is Cc1cc(CC(N)c2ccc(F)cc2Cl)n(C)n1. The lowest BCUT2D eigenvalue weighted by atomic mass is 10.0. The number of rotatable bonds is 3. The van der Waals surface area contributed by atoms with Crippen molar-refractivity contribution in [2.24, 2.45) is 12.8 Å².